The van der Waals surface area contributed by atoms with Crippen LogP contribution in [-0.4, -0.2) is 95.3 Å². The molecule has 1 N–H and O–H groups in total. The molecule has 37 heavy (non-hydrogen) atoms. The number of carbonyl (C=O) groups is 1. The SMILES string of the molecule is C=CC(=O)N1CCN(c2nc(OC(C)CN(C)C)nc3c2CCN(c2c(C)ccc4[nH]ncc24)C3)CC1. The third-order valence-electron chi connectivity index (χ3n) is 7.13. The van der Waals surface area contributed by atoms with Crippen molar-refractivity contribution in [1.29, 1.82) is 0 Å². The van der Waals surface area contributed by atoms with Crippen molar-refractivity contribution in [3.63, 3.8) is 0 Å². The maximum absolute atomic E-state index is 12.1. The first kappa shape index (κ1) is 25.0. The number of benzene rings is 1. The topological polar surface area (TPSA) is 93.7 Å². The Bertz CT molecular complexity index is 1300. The molecule has 10 nitrogen and oxygen atoms in total. The summed E-state index contributed by atoms with van der Waals surface area (Å²) >= 11 is 0. The number of nitrogens with one attached hydrogen (secondary N) is 1. The summed E-state index contributed by atoms with van der Waals surface area (Å²) in [6, 6.07) is 4.62. The van der Waals surface area contributed by atoms with Crippen molar-refractivity contribution in [2.24, 2.45) is 0 Å². The molecule has 2 aromatic heterocycles. The molecule has 1 aromatic carbocycles. The number of likely N-dealkylation sites (N-methyl/N-ethyl adjacent to an activating group) is 1. The molecule has 196 valence electrons. The average Bonchev–Trinajstić information content (AvgIpc) is 3.35. The minimum absolute atomic E-state index is 0.0228. The molecule has 2 aliphatic heterocycles. The minimum atomic E-state index is -0.0513. The second-order valence-corrected chi connectivity index (χ2v) is 10.2. The van der Waals surface area contributed by atoms with E-state index in [1.165, 1.54) is 22.9 Å². The van der Waals surface area contributed by atoms with Crippen LogP contribution in [0, 0.1) is 6.92 Å². The maximum atomic E-state index is 12.1. The summed E-state index contributed by atoms with van der Waals surface area (Å²) in [5, 5.41) is 8.48. The molecule has 0 spiro atoms. The zero-order valence-corrected chi connectivity index (χ0v) is 22.2. The van der Waals surface area contributed by atoms with Gasteiger partial charge in [0, 0.05) is 50.2 Å². The zero-order chi connectivity index (χ0) is 26.1. The van der Waals surface area contributed by atoms with E-state index < -0.39 is 0 Å². The van der Waals surface area contributed by atoms with Gasteiger partial charge in [-0.2, -0.15) is 15.1 Å². The number of ether oxygens (including phenoxy) is 1. The van der Waals surface area contributed by atoms with Crippen LogP contribution in [0.25, 0.3) is 10.9 Å². The van der Waals surface area contributed by atoms with E-state index in [2.05, 4.69) is 50.5 Å². The predicted octanol–water partition coefficient (Wildman–Crippen LogP) is 2.39. The Morgan fingerprint density at radius 1 is 1.19 bits per heavy atom. The number of hydrogen-bond donors (Lipinski definition) is 1. The van der Waals surface area contributed by atoms with E-state index in [9.17, 15) is 4.79 Å². The highest BCUT2D eigenvalue weighted by molar-refractivity contribution is 5.93. The second kappa shape index (κ2) is 10.4. The van der Waals surface area contributed by atoms with Crippen LogP contribution >= 0.6 is 0 Å². The van der Waals surface area contributed by atoms with Crippen molar-refractivity contribution in [1.82, 2.24) is 30.0 Å². The molecule has 2 aliphatic rings. The summed E-state index contributed by atoms with van der Waals surface area (Å²) in [6.07, 6.45) is 4.07. The van der Waals surface area contributed by atoms with E-state index in [4.69, 9.17) is 14.7 Å². The van der Waals surface area contributed by atoms with Crippen molar-refractivity contribution in [3.05, 3.63) is 47.8 Å². The van der Waals surface area contributed by atoms with Gasteiger partial charge in [0.2, 0.25) is 5.91 Å². The van der Waals surface area contributed by atoms with Crippen LogP contribution in [-0.2, 0) is 17.8 Å². The number of rotatable bonds is 7. The number of aromatic nitrogens is 4. The minimum Gasteiger partial charge on any atom is -0.459 e. The Hall–Kier alpha value is -3.66. The molecule has 1 atom stereocenters. The molecule has 1 unspecified atom stereocenters. The number of fused-ring (bicyclic) bond motifs is 2. The van der Waals surface area contributed by atoms with Crippen LogP contribution in [0.3, 0.4) is 0 Å². The standard InChI is InChI=1S/C27H36N8O2/c1-6-24(36)33-11-13-34(14-12-33)26-20-9-10-35(25-18(2)7-8-22-21(25)15-28-31-22)17-23(20)29-27(30-26)37-19(3)16-32(4)5/h6-8,15,19H,1,9-14,16-17H2,2-5H3,(H,28,31). The fourth-order valence-electron chi connectivity index (χ4n) is 5.42. The Balaban J connectivity index is 1.47. The summed E-state index contributed by atoms with van der Waals surface area (Å²) in [5.74, 6) is 0.908. The van der Waals surface area contributed by atoms with Gasteiger partial charge in [-0.1, -0.05) is 12.6 Å². The Morgan fingerprint density at radius 3 is 2.70 bits per heavy atom. The molecule has 1 fully saturated rings. The summed E-state index contributed by atoms with van der Waals surface area (Å²) in [4.78, 5) is 30.5. The lowest BCUT2D eigenvalue weighted by Gasteiger charge is -2.38. The molecule has 0 aliphatic carbocycles. The van der Waals surface area contributed by atoms with Gasteiger partial charge in [0.15, 0.2) is 0 Å². The number of H-pyrrole nitrogens is 1. The second-order valence-electron chi connectivity index (χ2n) is 10.2. The summed E-state index contributed by atoms with van der Waals surface area (Å²) in [5.41, 5.74) is 5.60. The lowest BCUT2D eigenvalue weighted by Crippen LogP contribution is -2.49. The predicted molar refractivity (Wildman–Crippen MR) is 145 cm³/mol. The molecule has 4 heterocycles. The number of anilines is 2. The number of aryl methyl sites for hydroxylation is 1. The number of aromatic amines is 1. The number of piperazine rings is 1. The van der Waals surface area contributed by atoms with E-state index in [1.807, 2.05) is 32.1 Å². The van der Waals surface area contributed by atoms with E-state index >= 15 is 0 Å². The van der Waals surface area contributed by atoms with Crippen LogP contribution in [0.5, 0.6) is 6.01 Å². The van der Waals surface area contributed by atoms with Gasteiger partial charge in [-0.05, 0) is 52.1 Å². The maximum Gasteiger partial charge on any atom is 0.318 e. The van der Waals surface area contributed by atoms with Crippen LogP contribution < -0.4 is 14.5 Å². The number of carbonyl (C=O) groups excluding carboxylic acids is 1. The van der Waals surface area contributed by atoms with Crippen molar-refractivity contribution in [2.45, 2.75) is 32.9 Å². The zero-order valence-electron chi connectivity index (χ0n) is 22.2. The monoisotopic (exact) mass is 504 g/mol. The van der Waals surface area contributed by atoms with Gasteiger partial charge in [0.1, 0.15) is 11.9 Å². The normalized spacial score (nSPS) is 16.7. The fraction of sp³-hybridized carbons (Fsp3) is 0.481. The molecular formula is C27H36N8O2. The van der Waals surface area contributed by atoms with Gasteiger partial charge < -0.3 is 24.3 Å². The van der Waals surface area contributed by atoms with Crippen molar-refractivity contribution >= 4 is 28.3 Å². The lowest BCUT2D eigenvalue weighted by molar-refractivity contribution is -0.126. The molecule has 3 aromatic rings. The summed E-state index contributed by atoms with van der Waals surface area (Å²) in [6.45, 7) is 12.8. The molecule has 1 saturated heterocycles. The molecule has 10 heteroatoms. The molecular weight excluding hydrogens is 468 g/mol. The first-order valence-corrected chi connectivity index (χ1v) is 12.9. The molecule has 5 rings (SSSR count). The highest BCUT2D eigenvalue weighted by atomic mass is 16.5. The van der Waals surface area contributed by atoms with Gasteiger partial charge in [-0.15, -0.1) is 0 Å². The number of amides is 1. The van der Waals surface area contributed by atoms with Crippen molar-refractivity contribution < 1.29 is 9.53 Å². The highest BCUT2D eigenvalue weighted by Crippen LogP contribution is 2.35. The van der Waals surface area contributed by atoms with Gasteiger partial charge >= 0.3 is 6.01 Å². The van der Waals surface area contributed by atoms with Crippen LogP contribution in [0.2, 0.25) is 0 Å². The first-order chi connectivity index (χ1) is 17.8. The molecule has 0 saturated carbocycles. The summed E-state index contributed by atoms with van der Waals surface area (Å²) < 4.78 is 6.22. The van der Waals surface area contributed by atoms with E-state index in [-0.39, 0.29) is 12.0 Å². The smallest absolute Gasteiger partial charge is 0.318 e. The molecule has 0 radical (unpaired) electrons. The largest absolute Gasteiger partial charge is 0.459 e. The van der Waals surface area contributed by atoms with Crippen LogP contribution in [0.1, 0.15) is 23.7 Å². The third-order valence-corrected chi connectivity index (χ3v) is 7.13. The number of nitrogens with zero attached hydrogens (tertiary/aromatic N) is 7. The summed E-state index contributed by atoms with van der Waals surface area (Å²) in [7, 11) is 4.05. The molecule has 0 bridgehead atoms. The van der Waals surface area contributed by atoms with Crippen molar-refractivity contribution in [3.8, 4) is 6.01 Å². The van der Waals surface area contributed by atoms with E-state index in [0.717, 1.165) is 41.9 Å². The quantitative estimate of drug-likeness (QED) is 0.491. The van der Waals surface area contributed by atoms with Crippen LogP contribution in [0.4, 0.5) is 11.5 Å². The van der Waals surface area contributed by atoms with Crippen molar-refractivity contribution in [2.75, 3.05) is 63.2 Å². The van der Waals surface area contributed by atoms with Gasteiger partial charge in [-0.25, -0.2) is 0 Å². The van der Waals surface area contributed by atoms with Gasteiger partial charge in [0.05, 0.1) is 29.6 Å². The average molecular weight is 505 g/mol. The van der Waals surface area contributed by atoms with Gasteiger partial charge in [0.25, 0.3) is 0 Å². The first-order valence-electron chi connectivity index (χ1n) is 12.9. The Kier molecular flexibility index (Phi) is 7.01. The third kappa shape index (κ3) is 5.11. The fourth-order valence-corrected chi connectivity index (χ4v) is 5.42. The highest BCUT2D eigenvalue weighted by Gasteiger charge is 2.29. The Morgan fingerprint density at radius 2 is 1.97 bits per heavy atom. The Labute approximate surface area is 217 Å². The lowest BCUT2D eigenvalue weighted by atomic mass is 10.0. The number of hydrogen-bond acceptors (Lipinski definition) is 8. The van der Waals surface area contributed by atoms with E-state index in [0.29, 0.717) is 38.7 Å². The van der Waals surface area contributed by atoms with Gasteiger partial charge in [-0.3, -0.25) is 9.89 Å². The molecule has 1 amide bonds. The van der Waals surface area contributed by atoms with E-state index in [1.54, 1.807) is 0 Å². The van der Waals surface area contributed by atoms with Crippen LogP contribution in [0.15, 0.2) is 31.0 Å².